The van der Waals surface area contributed by atoms with Crippen molar-refractivity contribution in [2.24, 2.45) is 41.4 Å². The number of carbonyl (C=O) groups is 2. The van der Waals surface area contributed by atoms with Crippen molar-refractivity contribution in [2.45, 2.75) is 109 Å². The molecule has 4 N–H and O–H groups in total. The van der Waals surface area contributed by atoms with Crippen LogP contribution in [0.15, 0.2) is 78.3 Å². The average Bonchev–Trinajstić information content (AvgIpc) is 1.82. The number of pyridine rings is 5. The van der Waals surface area contributed by atoms with E-state index < -0.39 is 23.9 Å². The predicted molar refractivity (Wildman–Crippen MR) is 338 cm³/mol. The summed E-state index contributed by atoms with van der Waals surface area (Å²) in [5.74, 6) is 1.32. The first-order valence-electron chi connectivity index (χ1n) is 30.9. The summed E-state index contributed by atoms with van der Waals surface area (Å²) in [6.45, 7) is 28.9. The molecule has 9 heterocycles. The van der Waals surface area contributed by atoms with E-state index in [-0.39, 0.29) is 159 Å². The Morgan fingerprint density at radius 2 is 0.527 bits per heavy atom. The summed E-state index contributed by atoms with van der Waals surface area (Å²) in [6, 6.07) is 15.0. The summed E-state index contributed by atoms with van der Waals surface area (Å²) in [4.78, 5) is 50.7. The molecule has 9 aromatic heterocycles. The van der Waals surface area contributed by atoms with Gasteiger partial charge in [0.05, 0.1) is 58.3 Å². The predicted octanol–water partition coefficient (Wildman–Crippen LogP) is 10.2. The molecular weight excluding hydrogens is 1200 g/mol. The van der Waals surface area contributed by atoms with E-state index in [0.29, 0.717) is 61.8 Å². The van der Waals surface area contributed by atoms with Crippen LogP contribution in [0.5, 0.6) is 28.7 Å². The lowest BCUT2D eigenvalue weighted by Crippen LogP contribution is -2.41. The minimum Gasteiger partial charge on any atom is -0.493 e. The van der Waals surface area contributed by atoms with Gasteiger partial charge >= 0.3 is 0 Å². The highest BCUT2D eigenvalue weighted by Crippen LogP contribution is 2.36. The van der Waals surface area contributed by atoms with Gasteiger partial charge in [0.1, 0.15) is 85.7 Å². The SMILES string of the molecule is CC(C)COc1cc(C(=O)N[C@H](CO)C(C)C)nc(-c2nnc(-c3cc(OCC(C)C)cc(-c4nnc(-c5cc(OCC(C)C)cc(-c6nnc(-c7cc(OCC(C)C)cc(-c8nnc(-c9cc(OCC(C)C)cc(C(=O)N[C@H](CO)C(C)C)n9)o8)n7)o6)n5)o4)n3)o2)c1. The van der Waals surface area contributed by atoms with E-state index in [2.05, 4.69) is 61.4 Å². The van der Waals surface area contributed by atoms with E-state index in [1.54, 1.807) is 48.5 Å². The van der Waals surface area contributed by atoms with Crippen LogP contribution in [-0.2, 0) is 0 Å². The molecule has 0 radical (unpaired) electrons. The Balaban J connectivity index is 1.03. The minimum atomic E-state index is -0.521. The van der Waals surface area contributed by atoms with Gasteiger partial charge in [-0.15, -0.1) is 40.8 Å². The fraction of sp³-hybridized carbons (Fsp3) is 0.462. The molecule has 9 rings (SSSR count). The molecular formula is C65H79N15O13. The van der Waals surface area contributed by atoms with Crippen LogP contribution in [-0.4, -0.2) is 146 Å². The Hall–Kier alpha value is -9.83. The summed E-state index contributed by atoms with van der Waals surface area (Å²) < 4.78 is 55.9. The molecule has 0 aliphatic carbocycles. The molecule has 0 saturated carbocycles. The Bertz CT molecular complexity index is 3740. The maximum Gasteiger partial charge on any atom is 0.270 e. The molecule has 28 nitrogen and oxygen atoms in total. The first-order valence-corrected chi connectivity index (χ1v) is 30.9. The molecule has 0 spiro atoms. The van der Waals surface area contributed by atoms with Crippen molar-refractivity contribution in [1.29, 1.82) is 0 Å². The molecule has 93 heavy (non-hydrogen) atoms. The molecule has 28 heteroatoms. The summed E-state index contributed by atoms with van der Waals surface area (Å²) in [5.41, 5.74) is 1.51. The van der Waals surface area contributed by atoms with E-state index >= 15 is 0 Å². The number of nitrogens with zero attached hydrogens (tertiary/aromatic N) is 13. The smallest absolute Gasteiger partial charge is 0.270 e. The second kappa shape index (κ2) is 30.5. The molecule has 0 aliphatic rings. The second-order valence-corrected chi connectivity index (χ2v) is 25.1. The van der Waals surface area contributed by atoms with Crippen LogP contribution in [0.25, 0.3) is 92.7 Å². The minimum absolute atomic E-state index is 0.0192. The number of hydrogen-bond donors (Lipinski definition) is 4. The van der Waals surface area contributed by atoms with Gasteiger partial charge in [0.15, 0.2) is 0 Å². The van der Waals surface area contributed by atoms with Crippen molar-refractivity contribution >= 4 is 11.8 Å². The molecule has 2 amide bonds. The number of ether oxygens (including phenoxy) is 5. The second-order valence-electron chi connectivity index (χ2n) is 25.1. The van der Waals surface area contributed by atoms with Crippen LogP contribution >= 0.6 is 0 Å². The van der Waals surface area contributed by atoms with Crippen molar-refractivity contribution < 1.29 is 61.2 Å². The molecule has 0 fully saturated rings. The largest absolute Gasteiger partial charge is 0.493 e. The highest BCUT2D eigenvalue weighted by atomic mass is 16.5. The number of aromatic nitrogens is 13. The summed E-state index contributed by atoms with van der Waals surface area (Å²) in [6.07, 6.45) is 0. The van der Waals surface area contributed by atoms with Crippen LogP contribution < -0.4 is 34.3 Å². The summed E-state index contributed by atoms with van der Waals surface area (Å²) >= 11 is 0. The maximum absolute atomic E-state index is 13.5. The van der Waals surface area contributed by atoms with E-state index in [9.17, 15) is 19.8 Å². The van der Waals surface area contributed by atoms with Crippen LogP contribution in [0.2, 0.25) is 0 Å². The van der Waals surface area contributed by atoms with Crippen molar-refractivity contribution in [1.82, 2.24) is 76.3 Å². The normalized spacial score (nSPS) is 12.4. The fourth-order valence-electron chi connectivity index (χ4n) is 8.42. The Morgan fingerprint density at radius 3 is 0.710 bits per heavy atom. The Labute approximate surface area is 537 Å². The monoisotopic (exact) mass is 1280 g/mol. The molecule has 492 valence electrons. The molecule has 2 atom stereocenters. The Kier molecular flexibility index (Phi) is 22.2. The lowest BCUT2D eigenvalue weighted by Gasteiger charge is -2.20. The van der Waals surface area contributed by atoms with Crippen LogP contribution in [0.3, 0.4) is 0 Å². The molecule has 0 bridgehead atoms. The van der Waals surface area contributed by atoms with Gasteiger partial charge in [0, 0.05) is 60.7 Å². The maximum atomic E-state index is 13.5. The quantitative estimate of drug-likeness (QED) is 0.0314. The third-order valence-corrected chi connectivity index (χ3v) is 13.5. The number of rotatable bonds is 31. The van der Waals surface area contributed by atoms with Crippen molar-refractivity contribution in [3.8, 4) is 121 Å². The summed E-state index contributed by atoms with van der Waals surface area (Å²) in [7, 11) is 0. The number of aliphatic hydroxyl groups excluding tert-OH is 2. The van der Waals surface area contributed by atoms with Gasteiger partial charge in [-0.2, -0.15) is 0 Å². The van der Waals surface area contributed by atoms with Gasteiger partial charge in [0.25, 0.3) is 58.9 Å². The van der Waals surface area contributed by atoms with E-state index in [0.717, 1.165) is 0 Å². The first kappa shape index (κ1) is 67.6. The van der Waals surface area contributed by atoms with Crippen LogP contribution in [0.1, 0.15) is 118 Å². The third kappa shape index (κ3) is 18.0. The standard InChI is InChI=1S/C65H79N15O13/c1-32(2)27-85-39-15-44(56(83)71-54(25-81)37(11)12)66-46(17-39)58-73-75-60(90-58)48-19-41(87-29-34(5)6)21-50(68-48)62-77-79-64(92-62)52-23-43(89-31-36(9)10)24-53(70-52)65-80-78-63(93-65)51-22-42(88-30-35(7)8)20-49(69-51)61-76-74-59(91-61)47-18-40(86-28-33(3)4)16-45(67-47)57(84)72-55(26-82)38(13)14/h15-24,32-38,54-55,81-82H,25-31H2,1-14H3,(H,71,83)(H,72,84)/t54-,55-/m1/s1. The van der Waals surface area contributed by atoms with Crippen molar-refractivity contribution in [3.63, 3.8) is 0 Å². The van der Waals surface area contributed by atoms with E-state index in [4.69, 9.17) is 56.3 Å². The lowest BCUT2D eigenvalue weighted by molar-refractivity contribution is 0.0885. The van der Waals surface area contributed by atoms with E-state index in [1.807, 2.05) is 96.9 Å². The molecule has 0 unspecified atom stereocenters. The zero-order valence-electron chi connectivity index (χ0n) is 54.6. The molecule has 0 saturated heterocycles. The molecule has 0 aromatic carbocycles. The zero-order valence-corrected chi connectivity index (χ0v) is 54.6. The lowest BCUT2D eigenvalue weighted by atomic mass is 10.1. The molecule has 9 aromatic rings. The van der Waals surface area contributed by atoms with Gasteiger partial charge in [-0.3, -0.25) is 9.59 Å². The zero-order chi connectivity index (χ0) is 66.6. The number of nitrogens with one attached hydrogen (secondary N) is 2. The number of aliphatic hydroxyl groups is 2. The van der Waals surface area contributed by atoms with Gasteiger partial charge in [-0.25, -0.2) is 24.9 Å². The summed E-state index contributed by atoms with van der Waals surface area (Å²) in [5, 5.41) is 60.4. The Morgan fingerprint density at radius 1 is 0.333 bits per heavy atom. The number of carbonyl (C=O) groups excluding carboxylic acids is 2. The highest BCUT2D eigenvalue weighted by molar-refractivity contribution is 5.94. The van der Waals surface area contributed by atoms with E-state index in [1.165, 1.54) is 12.1 Å². The average molecular weight is 1280 g/mol. The topological polar surface area (TPSA) is 365 Å². The highest BCUT2D eigenvalue weighted by Gasteiger charge is 2.27. The van der Waals surface area contributed by atoms with Gasteiger partial charge < -0.3 is 62.2 Å². The third-order valence-electron chi connectivity index (χ3n) is 13.5. The molecule has 0 aliphatic heterocycles. The van der Waals surface area contributed by atoms with Crippen LogP contribution in [0.4, 0.5) is 0 Å². The van der Waals surface area contributed by atoms with Crippen LogP contribution in [0, 0.1) is 41.4 Å². The van der Waals surface area contributed by atoms with Gasteiger partial charge in [-0.05, 0) is 41.4 Å². The van der Waals surface area contributed by atoms with Gasteiger partial charge in [0.2, 0.25) is 0 Å². The van der Waals surface area contributed by atoms with Gasteiger partial charge in [-0.1, -0.05) is 96.9 Å². The number of hydrogen-bond acceptors (Lipinski definition) is 26. The van der Waals surface area contributed by atoms with Crippen molar-refractivity contribution in [2.75, 3.05) is 46.2 Å². The fourth-order valence-corrected chi connectivity index (χ4v) is 8.42. The number of amides is 2. The van der Waals surface area contributed by atoms with Crippen molar-refractivity contribution in [3.05, 3.63) is 72.1 Å². The first-order chi connectivity index (χ1) is 44.5.